The zero-order valence-corrected chi connectivity index (χ0v) is 14.9. The molecule has 2 amide bonds. The Morgan fingerprint density at radius 1 is 1.32 bits per heavy atom. The number of carbonyl (C=O) groups is 2. The number of methoxy groups -OCH3 is 1. The van der Waals surface area contributed by atoms with E-state index < -0.39 is 11.9 Å². The summed E-state index contributed by atoms with van der Waals surface area (Å²) in [4.78, 5) is 25.2. The van der Waals surface area contributed by atoms with Crippen LogP contribution in [-0.4, -0.2) is 48.8 Å². The Morgan fingerprint density at radius 3 is 2.72 bits per heavy atom. The van der Waals surface area contributed by atoms with Gasteiger partial charge in [-0.1, -0.05) is 13.0 Å². The lowest BCUT2D eigenvalue weighted by atomic mass is 9.91. The molecule has 0 saturated carbocycles. The van der Waals surface area contributed by atoms with Crippen molar-refractivity contribution in [1.82, 2.24) is 10.2 Å². The van der Waals surface area contributed by atoms with Gasteiger partial charge in [0.25, 0.3) is 0 Å². The van der Waals surface area contributed by atoms with E-state index in [9.17, 15) is 14.7 Å². The van der Waals surface area contributed by atoms with Gasteiger partial charge >= 0.3 is 12.0 Å². The van der Waals surface area contributed by atoms with Crippen molar-refractivity contribution < 1.29 is 24.2 Å². The largest absolute Gasteiger partial charge is 0.493 e. The first-order valence-electron chi connectivity index (χ1n) is 8.49. The average Bonchev–Trinajstić information content (AvgIpc) is 2.59. The van der Waals surface area contributed by atoms with Crippen LogP contribution in [0.4, 0.5) is 4.79 Å². The second-order valence-corrected chi connectivity index (χ2v) is 6.36. The SMILES string of the molecule is CCOc1cc(CNC(=O)N2CC(C)CC(C(=O)O)C2)ccc1OC. The van der Waals surface area contributed by atoms with Crippen molar-refractivity contribution in [3.63, 3.8) is 0 Å². The quantitative estimate of drug-likeness (QED) is 0.822. The molecule has 0 radical (unpaired) electrons. The molecule has 2 unspecified atom stereocenters. The van der Waals surface area contributed by atoms with Crippen LogP contribution in [-0.2, 0) is 11.3 Å². The van der Waals surface area contributed by atoms with Gasteiger partial charge in [-0.15, -0.1) is 0 Å². The number of carbonyl (C=O) groups excluding carboxylic acids is 1. The maximum Gasteiger partial charge on any atom is 0.317 e. The first kappa shape index (κ1) is 18.9. The van der Waals surface area contributed by atoms with E-state index in [0.29, 0.717) is 37.6 Å². The summed E-state index contributed by atoms with van der Waals surface area (Å²) in [6.07, 6.45) is 0.606. The van der Waals surface area contributed by atoms with Crippen molar-refractivity contribution in [2.45, 2.75) is 26.8 Å². The van der Waals surface area contributed by atoms with E-state index in [0.717, 1.165) is 5.56 Å². The van der Waals surface area contributed by atoms with Gasteiger partial charge < -0.3 is 24.8 Å². The highest BCUT2D eigenvalue weighted by molar-refractivity contribution is 5.76. The fourth-order valence-corrected chi connectivity index (χ4v) is 3.09. The molecule has 2 N–H and O–H groups in total. The molecular formula is C18H26N2O5. The Bertz CT molecular complexity index is 619. The van der Waals surface area contributed by atoms with Crippen LogP contribution in [0.1, 0.15) is 25.8 Å². The molecule has 0 aromatic heterocycles. The number of likely N-dealkylation sites (tertiary alicyclic amines) is 1. The van der Waals surface area contributed by atoms with E-state index in [1.807, 2.05) is 26.0 Å². The third kappa shape index (κ3) is 5.01. The number of urea groups is 1. The van der Waals surface area contributed by atoms with Crippen LogP contribution in [0.25, 0.3) is 0 Å². The van der Waals surface area contributed by atoms with Gasteiger partial charge in [0, 0.05) is 19.6 Å². The first-order chi connectivity index (χ1) is 11.9. The van der Waals surface area contributed by atoms with Gasteiger partial charge in [-0.3, -0.25) is 4.79 Å². The molecule has 1 aromatic carbocycles. The number of rotatable bonds is 6. The van der Waals surface area contributed by atoms with E-state index >= 15 is 0 Å². The molecular weight excluding hydrogens is 324 g/mol. The topological polar surface area (TPSA) is 88.1 Å². The van der Waals surface area contributed by atoms with Crippen LogP contribution in [0.5, 0.6) is 11.5 Å². The van der Waals surface area contributed by atoms with Gasteiger partial charge in [-0.2, -0.15) is 0 Å². The Labute approximate surface area is 147 Å². The summed E-state index contributed by atoms with van der Waals surface area (Å²) in [5.41, 5.74) is 0.887. The van der Waals surface area contributed by atoms with E-state index in [1.165, 1.54) is 0 Å². The maximum atomic E-state index is 12.4. The lowest BCUT2D eigenvalue weighted by Gasteiger charge is -2.34. The number of carboxylic acid groups (broad SMARTS) is 1. The summed E-state index contributed by atoms with van der Waals surface area (Å²) in [6.45, 7) is 5.54. The molecule has 25 heavy (non-hydrogen) atoms. The minimum Gasteiger partial charge on any atom is -0.493 e. The van der Waals surface area contributed by atoms with Crippen LogP contribution in [0.15, 0.2) is 18.2 Å². The van der Waals surface area contributed by atoms with Crippen LogP contribution < -0.4 is 14.8 Å². The summed E-state index contributed by atoms with van der Waals surface area (Å²) in [5, 5.41) is 12.1. The number of nitrogens with zero attached hydrogens (tertiary/aromatic N) is 1. The number of ether oxygens (including phenoxy) is 2. The number of hydrogen-bond acceptors (Lipinski definition) is 4. The molecule has 1 aliphatic rings. The van der Waals surface area contributed by atoms with Crippen molar-refractivity contribution in [2.24, 2.45) is 11.8 Å². The number of aliphatic carboxylic acids is 1. The van der Waals surface area contributed by atoms with Crippen molar-refractivity contribution >= 4 is 12.0 Å². The van der Waals surface area contributed by atoms with Gasteiger partial charge in [0.05, 0.1) is 19.6 Å². The average molecular weight is 350 g/mol. The summed E-state index contributed by atoms with van der Waals surface area (Å²) in [5.74, 6) is 0.104. The van der Waals surface area contributed by atoms with Crippen molar-refractivity contribution in [2.75, 3.05) is 26.8 Å². The molecule has 0 spiro atoms. The van der Waals surface area contributed by atoms with Crippen LogP contribution in [0.3, 0.4) is 0 Å². The zero-order chi connectivity index (χ0) is 18.4. The predicted molar refractivity (Wildman–Crippen MR) is 92.9 cm³/mol. The van der Waals surface area contributed by atoms with Crippen LogP contribution >= 0.6 is 0 Å². The van der Waals surface area contributed by atoms with Gasteiger partial charge in [0.1, 0.15) is 0 Å². The molecule has 1 heterocycles. The normalized spacial score (nSPS) is 20.0. The number of benzene rings is 1. The highest BCUT2D eigenvalue weighted by atomic mass is 16.5. The number of piperidine rings is 1. The summed E-state index contributed by atoms with van der Waals surface area (Å²) in [7, 11) is 1.58. The summed E-state index contributed by atoms with van der Waals surface area (Å²) in [6, 6.07) is 5.25. The highest BCUT2D eigenvalue weighted by Gasteiger charge is 2.31. The van der Waals surface area contributed by atoms with Gasteiger partial charge in [-0.25, -0.2) is 4.79 Å². The molecule has 2 rings (SSSR count). The number of hydrogen-bond donors (Lipinski definition) is 2. The predicted octanol–water partition coefficient (Wildman–Crippen LogP) is 2.35. The minimum atomic E-state index is -0.846. The maximum absolute atomic E-state index is 12.4. The fraction of sp³-hybridized carbons (Fsp3) is 0.556. The standard InChI is InChI=1S/C18H26N2O5/c1-4-25-16-8-13(5-6-15(16)24-3)9-19-18(23)20-10-12(2)7-14(11-20)17(21)22/h5-6,8,12,14H,4,7,9-11H2,1-3H3,(H,19,23)(H,21,22). The fourth-order valence-electron chi connectivity index (χ4n) is 3.09. The van der Waals surface area contributed by atoms with E-state index in [1.54, 1.807) is 18.1 Å². The van der Waals surface area contributed by atoms with Gasteiger partial charge in [0.2, 0.25) is 0 Å². The van der Waals surface area contributed by atoms with Crippen LogP contribution in [0, 0.1) is 11.8 Å². The van der Waals surface area contributed by atoms with E-state index in [2.05, 4.69) is 5.32 Å². The number of carboxylic acids is 1. The monoisotopic (exact) mass is 350 g/mol. The van der Waals surface area contributed by atoms with Gasteiger partial charge in [-0.05, 0) is 37.0 Å². The molecule has 1 saturated heterocycles. The summed E-state index contributed by atoms with van der Waals surface area (Å²) >= 11 is 0. The van der Waals surface area contributed by atoms with Crippen molar-refractivity contribution in [1.29, 1.82) is 0 Å². The zero-order valence-electron chi connectivity index (χ0n) is 14.9. The van der Waals surface area contributed by atoms with E-state index in [-0.39, 0.29) is 18.5 Å². The Morgan fingerprint density at radius 2 is 2.08 bits per heavy atom. The smallest absolute Gasteiger partial charge is 0.317 e. The lowest BCUT2D eigenvalue weighted by Crippen LogP contribution is -2.49. The molecule has 7 nitrogen and oxygen atoms in total. The molecule has 1 fully saturated rings. The molecule has 0 aliphatic carbocycles. The Hall–Kier alpha value is -2.44. The Balaban J connectivity index is 1.97. The third-order valence-electron chi connectivity index (χ3n) is 4.27. The summed E-state index contributed by atoms with van der Waals surface area (Å²) < 4.78 is 10.8. The molecule has 2 atom stereocenters. The molecule has 138 valence electrons. The minimum absolute atomic E-state index is 0.172. The number of nitrogens with one attached hydrogen (secondary N) is 1. The molecule has 7 heteroatoms. The second-order valence-electron chi connectivity index (χ2n) is 6.36. The van der Waals surface area contributed by atoms with Crippen molar-refractivity contribution in [3.05, 3.63) is 23.8 Å². The molecule has 1 aliphatic heterocycles. The van der Waals surface area contributed by atoms with Crippen molar-refractivity contribution in [3.8, 4) is 11.5 Å². The van der Waals surface area contributed by atoms with Crippen LogP contribution in [0.2, 0.25) is 0 Å². The Kier molecular flexibility index (Phi) is 6.50. The van der Waals surface area contributed by atoms with E-state index in [4.69, 9.17) is 9.47 Å². The first-order valence-corrected chi connectivity index (χ1v) is 8.49. The lowest BCUT2D eigenvalue weighted by molar-refractivity contribution is -0.143. The third-order valence-corrected chi connectivity index (χ3v) is 4.27. The second kappa shape index (κ2) is 8.60. The molecule has 0 bridgehead atoms. The molecule has 1 aromatic rings. The van der Waals surface area contributed by atoms with Gasteiger partial charge in [0.15, 0.2) is 11.5 Å². The highest BCUT2D eigenvalue weighted by Crippen LogP contribution is 2.28. The number of amides is 2.